The molecule has 0 radical (unpaired) electrons. The first-order valence-electron chi connectivity index (χ1n) is 17.9. The van der Waals surface area contributed by atoms with Crippen molar-refractivity contribution in [2.45, 2.75) is 118 Å². The van der Waals surface area contributed by atoms with Crippen molar-refractivity contribution in [2.24, 2.45) is 17.8 Å². The summed E-state index contributed by atoms with van der Waals surface area (Å²) >= 11 is 0. The van der Waals surface area contributed by atoms with Gasteiger partial charge in [0.1, 0.15) is 0 Å². The average molecular weight is 717 g/mol. The molecule has 1 aromatic rings. The van der Waals surface area contributed by atoms with Crippen molar-refractivity contribution in [3.63, 3.8) is 0 Å². The van der Waals surface area contributed by atoms with Gasteiger partial charge in [-0.15, -0.1) is 0 Å². The largest absolute Gasteiger partial charge is 0.354 e. The highest BCUT2D eigenvalue weighted by molar-refractivity contribution is 6.04. The van der Waals surface area contributed by atoms with Crippen LogP contribution < -0.4 is 21.8 Å². The lowest BCUT2D eigenvalue weighted by molar-refractivity contribution is -0.141. The van der Waals surface area contributed by atoms with E-state index in [9.17, 15) is 28.8 Å². The van der Waals surface area contributed by atoms with Crippen LogP contribution in [0.5, 0.6) is 0 Å². The molecule has 2 aliphatic heterocycles. The third-order valence-electron chi connectivity index (χ3n) is 8.58. The van der Waals surface area contributed by atoms with Gasteiger partial charge in [0.05, 0.1) is 0 Å². The maximum Gasteiger partial charge on any atom is 0.274 e. The van der Waals surface area contributed by atoms with Gasteiger partial charge in [0, 0.05) is 61.2 Å². The van der Waals surface area contributed by atoms with E-state index in [0.717, 1.165) is 6.42 Å². The quantitative estimate of drug-likeness (QED) is 0.166. The Morgan fingerprint density at radius 1 is 0.725 bits per heavy atom. The maximum atomic E-state index is 13.4. The molecular weight excluding hydrogens is 660 g/mol. The van der Waals surface area contributed by atoms with Crippen molar-refractivity contribution >= 4 is 35.4 Å². The Morgan fingerprint density at radius 3 is 1.65 bits per heavy atom. The van der Waals surface area contributed by atoms with Crippen LogP contribution in [0.2, 0.25) is 0 Å². The molecule has 2 unspecified atom stereocenters. The molecule has 15 nitrogen and oxygen atoms in total. The second-order valence-electron chi connectivity index (χ2n) is 14.8. The van der Waals surface area contributed by atoms with Crippen LogP contribution in [0.25, 0.3) is 0 Å². The maximum absolute atomic E-state index is 13.4. The van der Waals surface area contributed by atoms with E-state index in [1.807, 2.05) is 62.3 Å². The van der Waals surface area contributed by atoms with E-state index >= 15 is 0 Å². The van der Waals surface area contributed by atoms with Crippen LogP contribution in [0.3, 0.4) is 0 Å². The summed E-state index contributed by atoms with van der Waals surface area (Å²) in [5.74, 6) is -2.83. The Labute approximate surface area is 300 Å². The van der Waals surface area contributed by atoms with Gasteiger partial charge < -0.3 is 15.1 Å². The highest BCUT2D eigenvalue weighted by atomic mass is 16.7. The monoisotopic (exact) mass is 716 g/mol. The number of amides is 6. The van der Waals surface area contributed by atoms with Crippen molar-refractivity contribution in [1.82, 2.24) is 31.6 Å². The smallest absolute Gasteiger partial charge is 0.274 e. The lowest BCUT2D eigenvalue weighted by Gasteiger charge is -2.23. The molecule has 1 aromatic carbocycles. The molecule has 284 valence electrons. The number of benzene rings is 1. The zero-order valence-electron chi connectivity index (χ0n) is 31.4. The molecule has 15 heteroatoms. The number of hydroxylamine groups is 3. The summed E-state index contributed by atoms with van der Waals surface area (Å²) in [5.41, 5.74) is 6.45. The number of carbonyl (C=O) groups is 6. The van der Waals surface area contributed by atoms with E-state index in [2.05, 4.69) is 21.8 Å². The van der Waals surface area contributed by atoms with E-state index in [4.69, 9.17) is 14.5 Å². The van der Waals surface area contributed by atoms with Gasteiger partial charge in [-0.1, -0.05) is 48.5 Å². The molecule has 0 spiro atoms. The fraction of sp³-hybridized carbons (Fsp3) is 0.667. The zero-order valence-corrected chi connectivity index (χ0v) is 31.4. The lowest BCUT2D eigenvalue weighted by Crippen LogP contribution is -2.43. The summed E-state index contributed by atoms with van der Waals surface area (Å²) in [6.45, 7) is 19.0. The first-order valence-corrected chi connectivity index (χ1v) is 17.9. The van der Waals surface area contributed by atoms with Gasteiger partial charge >= 0.3 is 0 Å². The minimum absolute atomic E-state index is 0.0648. The number of hydrogen-bond acceptors (Lipinski definition) is 9. The zero-order chi connectivity index (χ0) is 38.0. The summed E-state index contributed by atoms with van der Waals surface area (Å²) in [6.07, 6.45) is -0.968. The van der Waals surface area contributed by atoms with Gasteiger partial charge in [0.25, 0.3) is 35.4 Å². The Morgan fingerprint density at radius 2 is 1.20 bits per heavy atom. The number of rotatable bonds is 18. The summed E-state index contributed by atoms with van der Waals surface area (Å²) < 4.78 is 0. The van der Waals surface area contributed by atoms with Crippen LogP contribution in [-0.4, -0.2) is 95.3 Å². The Hall–Kier alpha value is -4.08. The van der Waals surface area contributed by atoms with E-state index in [-0.39, 0.29) is 58.3 Å². The molecular formula is C36H56N6O9. The van der Waals surface area contributed by atoms with Gasteiger partial charge in [-0.05, 0) is 62.6 Å². The van der Waals surface area contributed by atoms with Crippen LogP contribution in [-0.2, 0) is 28.9 Å². The van der Waals surface area contributed by atoms with Crippen molar-refractivity contribution in [1.29, 1.82) is 0 Å². The molecule has 2 saturated heterocycles. The third kappa shape index (κ3) is 11.7. The number of nitrogens with one attached hydrogen (secondary N) is 4. The van der Waals surface area contributed by atoms with Crippen molar-refractivity contribution < 1.29 is 43.3 Å². The highest BCUT2D eigenvalue weighted by Crippen LogP contribution is 2.23. The number of likely N-dealkylation sites (tertiary alicyclic amines) is 2. The molecule has 51 heavy (non-hydrogen) atoms. The summed E-state index contributed by atoms with van der Waals surface area (Å²) in [7, 11) is 0. The highest BCUT2D eigenvalue weighted by Gasteiger charge is 2.39. The molecule has 2 aliphatic rings. The molecule has 0 bridgehead atoms. The number of nitrogens with zero attached hydrogens (tertiary/aromatic N) is 2. The van der Waals surface area contributed by atoms with E-state index in [1.165, 1.54) is 18.2 Å². The predicted molar refractivity (Wildman–Crippen MR) is 187 cm³/mol. The van der Waals surface area contributed by atoms with E-state index in [0.29, 0.717) is 38.9 Å². The normalized spacial score (nSPS) is 21.1. The number of hydrogen-bond donors (Lipinski definition) is 4. The SMILES string of the molecule is CCCN1C(=O)[C@H](ONC(=O)c2cc(C(=O)NO[C@H](CC(C)C)C(=O)NCC(C)C)cc(C(=O)NO[C@@H]3CC(C)N(CC(C)C)C3=O)c2)CC1C. The Balaban J connectivity index is 1.80. The molecule has 4 N–H and O–H groups in total. The summed E-state index contributed by atoms with van der Waals surface area (Å²) in [6, 6.07) is 3.52. The molecule has 5 atom stereocenters. The molecule has 2 fully saturated rings. The van der Waals surface area contributed by atoms with E-state index < -0.39 is 41.9 Å². The second kappa shape index (κ2) is 19.0. The topological polar surface area (TPSA) is 185 Å². The molecule has 0 aromatic heterocycles. The standard InChI is InChI=1S/C36H56N6O9/c1-10-11-41-23(8)13-29(35(41)47)50-39-32(44)26-15-25(31(43)38-49-28(12-20(2)3)34(46)37-18-21(4)5)16-27(17-26)33(45)40-51-30-14-24(9)42(36(30)48)19-22(6)7/h15-17,20-24,28-30H,10-14,18-19H2,1-9H3,(H,37,46)(H,38,43)(H,39,44)(H,40,45)/t23?,24?,28-,29-,30-/m1/s1. The second-order valence-corrected chi connectivity index (χ2v) is 14.8. The number of carbonyl (C=O) groups excluding carboxylic acids is 6. The summed E-state index contributed by atoms with van der Waals surface area (Å²) in [4.78, 5) is 98.7. The molecule has 0 aliphatic carbocycles. The Bertz CT molecular complexity index is 1420. The molecule has 2 heterocycles. The van der Waals surface area contributed by atoms with Gasteiger partial charge in [-0.3, -0.25) is 43.3 Å². The van der Waals surface area contributed by atoms with Gasteiger partial charge in [0.2, 0.25) is 0 Å². The average Bonchev–Trinajstić information content (AvgIpc) is 3.50. The molecule has 0 saturated carbocycles. The van der Waals surface area contributed by atoms with Crippen LogP contribution in [0.1, 0.15) is 119 Å². The lowest BCUT2D eigenvalue weighted by atomic mass is 10.0. The fourth-order valence-electron chi connectivity index (χ4n) is 5.94. The minimum atomic E-state index is -0.996. The van der Waals surface area contributed by atoms with Crippen molar-refractivity contribution in [2.75, 3.05) is 19.6 Å². The third-order valence-corrected chi connectivity index (χ3v) is 8.58. The Kier molecular flexibility index (Phi) is 15.4. The first kappa shape index (κ1) is 41.3. The summed E-state index contributed by atoms with van der Waals surface area (Å²) in [5, 5.41) is 2.80. The predicted octanol–water partition coefficient (Wildman–Crippen LogP) is 2.90. The molecule has 6 amide bonds. The van der Waals surface area contributed by atoms with Crippen LogP contribution in [0, 0.1) is 17.8 Å². The van der Waals surface area contributed by atoms with Crippen molar-refractivity contribution in [3.8, 4) is 0 Å². The fourth-order valence-corrected chi connectivity index (χ4v) is 5.94. The van der Waals surface area contributed by atoms with Gasteiger partial charge in [0.15, 0.2) is 18.3 Å². The first-order chi connectivity index (χ1) is 24.0. The van der Waals surface area contributed by atoms with Gasteiger partial charge in [-0.25, -0.2) is 16.4 Å². The minimum Gasteiger partial charge on any atom is -0.354 e. The van der Waals surface area contributed by atoms with Crippen molar-refractivity contribution in [3.05, 3.63) is 34.9 Å². The van der Waals surface area contributed by atoms with Crippen LogP contribution >= 0.6 is 0 Å². The van der Waals surface area contributed by atoms with Crippen LogP contribution in [0.4, 0.5) is 0 Å². The van der Waals surface area contributed by atoms with Gasteiger partial charge in [-0.2, -0.15) is 0 Å². The van der Waals surface area contributed by atoms with E-state index in [1.54, 1.807) is 9.80 Å². The molecule has 3 rings (SSSR count). The van der Waals surface area contributed by atoms with Crippen LogP contribution in [0.15, 0.2) is 18.2 Å².